The zero-order valence-electron chi connectivity index (χ0n) is 12.1. The lowest BCUT2D eigenvalue weighted by Crippen LogP contribution is -2.18. The highest BCUT2D eigenvalue weighted by molar-refractivity contribution is 5.37. The number of nitrogens with two attached hydrogens (primary N) is 1. The summed E-state index contributed by atoms with van der Waals surface area (Å²) < 4.78 is 0. The number of hydrogen-bond donors (Lipinski definition) is 1. The monoisotopic (exact) mass is 233 g/mol. The Morgan fingerprint density at radius 1 is 1.00 bits per heavy atom. The maximum Gasteiger partial charge on any atom is -0.00722 e. The first-order valence-corrected chi connectivity index (χ1v) is 6.62. The van der Waals surface area contributed by atoms with Crippen LogP contribution in [0.4, 0.5) is 0 Å². The second-order valence-corrected chi connectivity index (χ2v) is 6.08. The summed E-state index contributed by atoms with van der Waals surface area (Å²) in [5.74, 6) is 0. The van der Waals surface area contributed by atoms with Gasteiger partial charge in [-0.1, -0.05) is 31.5 Å². The zero-order valence-corrected chi connectivity index (χ0v) is 12.1. The van der Waals surface area contributed by atoms with E-state index in [2.05, 4.69) is 46.8 Å². The van der Waals surface area contributed by atoms with E-state index in [0.717, 1.165) is 13.0 Å². The summed E-state index contributed by atoms with van der Waals surface area (Å²) in [6, 6.07) is 4.58. The molecule has 1 rings (SSSR count). The van der Waals surface area contributed by atoms with E-state index in [4.69, 9.17) is 5.73 Å². The Kier molecular flexibility index (Phi) is 4.76. The van der Waals surface area contributed by atoms with Gasteiger partial charge in [0.05, 0.1) is 0 Å². The van der Waals surface area contributed by atoms with Crippen molar-refractivity contribution in [1.82, 2.24) is 0 Å². The number of aryl methyl sites for hydroxylation is 3. The van der Waals surface area contributed by atoms with E-state index in [1.807, 2.05) is 0 Å². The molecule has 0 aliphatic rings. The molecule has 0 fully saturated rings. The van der Waals surface area contributed by atoms with E-state index in [9.17, 15) is 0 Å². The fourth-order valence-corrected chi connectivity index (χ4v) is 2.58. The van der Waals surface area contributed by atoms with Crippen LogP contribution in [0.2, 0.25) is 0 Å². The van der Waals surface area contributed by atoms with Gasteiger partial charge in [-0.15, -0.1) is 0 Å². The van der Waals surface area contributed by atoms with Gasteiger partial charge in [-0.2, -0.15) is 0 Å². The fraction of sp³-hybridized carbons (Fsp3) is 0.625. The minimum absolute atomic E-state index is 0.360. The molecular formula is C16H27N. The minimum Gasteiger partial charge on any atom is -0.330 e. The summed E-state index contributed by atoms with van der Waals surface area (Å²) in [4.78, 5) is 0. The molecule has 1 aromatic carbocycles. The Labute approximate surface area is 106 Å². The molecule has 0 saturated carbocycles. The van der Waals surface area contributed by atoms with Gasteiger partial charge in [-0.3, -0.25) is 0 Å². The Hall–Kier alpha value is -0.820. The van der Waals surface area contributed by atoms with Crippen molar-refractivity contribution in [2.75, 3.05) is 6.54 Å². The van der Waals surface area contributed by atoms with Gasteiger partial charge in [-0.05, 0) is 68.7 Å². The molecule has 0 atom stereocenters. The second-order valence-electron chi connectivity index (χ2n) is 6.08. The molecular weight excluding hydrogens is 206 g/mol. The Balaban J connectivity index is 2.76. The van der Waals surface area contributed by atoms with Crippen LogP contribution in [0.5, 0.6) is 0 Å². The molecule has 0 radical (unpaired) electrons. The molecule has 0 unspecified atom stereocenters. The molecule has 0 aliphatic carbocycles. The van der Waals surface area contributed by atoms with Crippen LogP contribution in [0.3, 0.4) is 0 Å². The molecule has 0 bridgehead atoms. The summed E-state index contributed by atoms with van der Waals surface area (Å²) in [5.41, 5.74) is 11.8. The highest BCUT2D eigenvalue weighted by Gasteiger charge is 2.17. The van der Waals surface area contributed by atoms with Crippen molar-refractivity contribution in [2.45, 2.75) is 53.9 Å². The fourth-order valence-electron chi connectivity index (χ4n) is 2.58. The van der Waals surface area contributed by atoms with Crippen molar-refractivity contribution >= 4 is 0 Å². The topological polar surface area (TPSA) is 26.0 Å². The van der Waals surface area contributed by atoms with Crippen molar-refractivity contribution in [3.63, 3.8) is 0 Å². The van der Waals surface area contributed by atoms with Gasteiger partial charge < -0.3 is 5.73 Å². The quantitative estimate of drug-likeness (QED) is 0.819. The predicted octanol–water partition coefficient (Wildman–Crippen LogP) is 3.92. The van der Waals surface area contributed by atoms with E-state index >= 15 is 0 Å². The lowest BCUT2D eigenvalue weighted by atomic mass is 9.82. The average Bonchev–Trinajstić information content (AvgIpc) is 2.15. The highest BCUT2D eigenvalue weighted by Crippen LogP contribution is 2.28. The zero-order chi connectivity index (χ0) is 13.1. The van der Waals surface area contributed by atoms with E-state index in [1.54, 1.807) is 0 Å². The van der Waals surface area contributed by atoms with Crippen LogP contribution in [0, 0.1) is 26.2 Å². The van der Waals surface area contributed by atoms with E-state index < -0.39 is 0 Å². The maximum absolute atomic E-state index is 5.66. The van der Waals surface area contributed by atoms with E-state index in [0.29, 0.717) is 5.41 Å². The Bertz CT molecular complexity index is 354. The van der Waals surface area contributed by atoms with Crippen molar-refractivity contribution in [3.8, 4) is 0 Å². The molecule has 17 heavy (non-hydrogen) atoms. The standard InChI is InChI=1S/C16H27N/c1-12-10-13(2)15(14(3)11-12)6-7-16(4,5)8-9-17/h10-11H,6-9,17H2,1-5H3. The van der Waals surface area contributed by atoms with Crippen LogP contribution in [0.1, 0.15) is 48.9 Å². The SMILES string of the molecule is Cc1cc(C)c(CCC(C)(C)CCN)c(C)c1. The van der Waals surface area contributed by atoms with Crippen LogP contribution in [0.25, 0.3) is 0 Å². The minimum atomic E-state index is 0.360. The molecule has 1 heteroatoms. The van der Waals surface area contributed by atoms with Gasteiger partial charge in [0.1, 0.15) is 0 Å². The Morgan fingerprint density at radius 2 is 1.53 bits per heavy atom. The number of benzene rings is 1. The van der Waals surface area contributed by atoms with Gasteiger partial charge in [0.2, 0.25) is 0 Å². The van der Waals surface area contributed by atoms with Crippen molar-refractivity contribution in [3.05, 3.63) is 34.4 Å². The lowest BCUT2D eigenvalue weighted by Gasteiger charge is -2.24. The van der Waals surface area contributed by atoms with Crippen LogP contribution < -0.4 is 5.73 Å². The molecule has 2 N–H and O–H groups in total. The van der Waals surface area contributed by atoms with Crippen LogP contribution in [-0.2, 0) is 6.42 Å². The molecule has 96 valence electrons. The summed E-state index contributed by atoms with van der Waals surface area (Å²) in [5, 5.41) is 0. The summed E-state index contributed by atoms with van der Waals surface area (Å²) in [7, 11) is 0. The van der Waals surface area contributed by atoms with Gasteiger partial charge in [-0.25, -0.2) is 0 Å². The third-order valence-corrected chi connectivity index (χ3v) is 3.71. The first kappa shape index (κ1) is 14.2. The third kappa shape index (κ3) is 4.16. The highest BCUT2D eigenvalue weighted by atomic mass is 14.5. The van der Waals surface area contributed by atoms with E-state index in [1.165, 1.54) is 35.1 Å². The Morgan fingerprint density at radius 3 is 2.00 bits per heavy atom. The molecule has 0 amide bonds. The first-order valence-electron chi connectivity index (χ1n) is 6.62. The number of hydrogen-bond acceptors (Lipinski definition) is 1. The van der Waals surface area contributed by atoms with Crippen molar-refractivity contribution < 1.29 is 0 Å². The molecule has 0 heterocycles. The van der Waals surface area contributed by atoms with Crippen LogP contribution in [0.15, 0.2) is 12.1 Å². The van der Waals surface area contributed by atoms with Crippen molar-refractivity contribution in [2.24, 2.45) is 11.1 Å². The van der Waals surface area contributed by atoms with E-state index in [-0.39, 0.29) is 0 Å². The molecule has 0 aliphatic heterocycles. The summed E-state index contributed by atoms with van der Waals surface area (Å²) in [6.07, 6.45) is 3.50. The normalized spacial score (nSPS) is 11.9. The summed E-state index contributed by atoms with van der Waals surface area (Å²) in [6.45, 7) is 12.1. The van der Waals surface area contributed by atoms with Gasteiger partial charge in [0.25, 0.3) is 0 Å². The van der Waals surface area contributed by atoms with Gasteiger partial charge in [0, 0.05) is 0 Å². The largest absolute Gasteiger partial charge is 0.330 e. The number of rotatable bonds is 5. The van der Waals surface area contributed by atoms with Crippen LogP contribution in [-0.4, -0.2) is 6.54 Å². The molecule has 0 saturated heterocycles. The molecule has 0 aromatic heterocycles. The summed E-state index contributed by atoms with van der Waals surface area (Å²) >= 11 is 0. The second kappa shape index (κ2) is 5.68. The molecule has 0 spiro atoms. The third-order valence-electron chi connectivity index (χ3n) is 3.71. The predicted molar refractivity (Wildman–Crippen MR) is 76.4 cm³/mol. The lowest BCUT2D eigenvalue weighted by molar-refractivity contribution is 0.313. The van der Waals surface area contributed by atoms with Crippen molar-refractivity contribution in [1.29, 1.82) is 0 Å². The molecule has 1 aromatic rings. The average molecular weight is 233 g/mol. The van der Waals surface area contributed by atoms with Gasteiger partial charge >= 0.3 is 0 Å². The molecule has 1 nitrogen and oxygen atoms in total. The maximum atomic E-state index is 5.66. The van der Waals surface area contributed by atoms with Gasteiger partial charge in [0.15, 0.2) is 0 Å². The first-order chi connectivity index (χ1) is 7.85. The van der Waals surface area contributed by atoms with Crippen LogP contribution >= 0.6 is 0 Å². The smallest absolute Gasteiger partial charge is 0.00722 e.